The summed E-state index contributed by atoms with van der Waals surface area (Å²) in [5.41, 5.74) is 2.29. The average molecular weight is 318 g/mol. The fourth-order valence-corrected chi connectivity index (χ4v) is 2.67. The number of carbonyl (C=O) groups is 1. The highest BCUT2D eigenvalue weighted by Gasteiger charge is 2.03. The van der Waals surface area contributed by atoms with E-state index >= 15 is 0 Å². The minimum absolute atomic E-state index is 0.316. The maximum atomic E-state index is 13.4. The van der Waals surface area contributed by atoms with Gasteiger partial charge in [0.2, 0.25) is 0 Å². The summed E-state index contributed by atoms with van der Waals surface area (Å²) in [4.78, 5) is 11.7. The molecule has 3 nitrogen and oxygen atoms in total. The number of anilines is 1. The van der Waals surface area contributed by atoms with Crippen LogP contribution >= 0.6 is 11.8 Å². The number of hydrogen-bond acceptors (Lipinski definition) is 2. The summed E-state index contributed by atoms with van der Waals surface area (Å²) in [7, 11) is 0. The molecule has 2 aromatic rings. The first-order valence-electron chi connectivity index (χ1n) is 7.08. The van der Waals surface area contributed by atoms with Crippen LogP contribution in [0.1, 0.15) is 11.1 Å². The van der Waals surface area contributed by atoms with Crippen molar-refractivity contribution in [2.45, 2.75) is 12.7 Å². The number of halogens is 1. The van der Waals surface area contributed by atoms with Crippen molar-refractivity contribution in [3.63, 3.8) is 0 Å². The second-order valence-corrected chi connectivity index (χ2v) is 5.99. The number of hydrogen-bond donors (Lipinski definition) is 2. The van der Waals surface area contributed by atoms with Gasteiger partial charge in [0.1, 0.15) is 5.82 Å². The number of rotatable bonds is 6. The van der Waals surface area contributed by atoms with Crippen LogP contribution < -0.4 is 10.6 Å². The smallest absolute Gasteiger partial charge is 0.319 e. The Bertz CT molecular complexity index is 619. The molecular weight excluding hydrogens is 299 g/mol. The zero-order valence-electron chi connectivity index (χ0n) is 12.4. The summed E-state index contributed by atoms with van der Waals surface area (Å²) in [5.74, 6) is 1.42. The molecule has 5 heteroatoms. The summed E-state index contributed by atoms with van der Waals surface area (Å²) < 4.78 is 13.4. The van der Waals surface area contributed by atoms with Gasteiger partial charge in [-0.15, -0.1) is 0 Å². The molecule has 0 fully saturated rings. The van der Waals surface area contributed by atoms with Crippen molar-refractivity contribution in [3.05, 3.63) is 65.5 Å². The van der Waals surface area contributed by atoms with Crippen LogP contribution in [0.5, 0.6) is 0 Å². The van der Waals surface area contributed by atoms with Gasteiger partial charge in [0.05, 0.1) is 0 Å². The number of nitrogens with one attached hydrogen (secondary N) is 2. The van der Waals surface area contributed by atoms with Gasteiger partial charge >= 0.3 is 6.03 Å². The van der Waals surface area contributed by atoms with Gasteiger partial charge in [-0.2, -0.15) is 11.8 Å². The molecule has 0 heterocycles. The molecule has 22 heavy (non-hydrogen) atoms. The number of thioether (sulfide) groups is 1. The maximum Gasteiger partial charge on any atom is 0.319 e. The van der Waals surface area contributed by atoms with E-state index in [-0.39, 0.29) is 11.8 Å². The monoisotopic (exact) mass is 318 g/mol. The van der Waals surface area contributed by atoms with E-state index in [9.17, 15) is 9.18 Å². The van der Waals surface area contributed by atoms with E-state index in [1.807, 2.05) is 18.2 Å². The van der Waals surface area contributed by atoms with Crippen molar-refractivity contribution in [2.24, 2.45) is 0 Å². The number of amides is 2. The van der Waals surface area contributed by atoms with Crippen LogP contribution in [0.15, 0.2) is 48.5 Å². The lowest BCUT2D eigenvalue weighted by Gasteiger charge is -2.08. The van der Waals surface area contributed by atoms with Gasteiger partial charge in [-0.3, -0.25) is 0 Å². The summed E-state index contributed by atoms with van der Waals surface area (Å²) in [6.07, 6.45) is 0. The van der Waals surface area contributed by atoms with Crippen molar-refractivity contribution >= 4 is 23.5 Å². The lowest BCUT2D eigenvalue weighted by Crippen LogP contribution is -2.30. The average Bonchev–Trinajstić information content (AvgIpc) is 2.52. The van der Waals surface area contributed by atoms with Crippen molar-refractivity contribution in [2.75, 3.05) is 17.6 Å². The first kappa shape index (κ1) is 16.4. The summed E-state index contributed by atoms with van der Waals surface area (Å²) in [6.45, 7) is 2.25. The third-order valence-electron chi connectivity index (χ3n) is 3.07. The number of aryl methyl sites for hydroxylation is 1. The normalized spacial score (nSPS) is 10.3. The second kappa shape index (κ2) is 8.44. The predicted molar refractivity (Wildman–Crippen MR) is 90.8 cm³/mol. The summed E-state index contributed by atoms with van der Waals surface area (Å²) in [5, 5.41) is 5.38. The maximum absolute atomic E-state index is 13.4. The van der Waals surface area contributed by atoms with Crippen molar-refractivity contribution in [1.29, 1.82) is 0 Å². The number of urea groups is 1. The molecule has 0 saturated carbocycles. The lowest BCUT2D eigenvalue weighted by atomic mass is 10.2. The van der Waals surface area contributed by atoms with E-state index in [0.717, 1.165) is 11.5 Å². The molecule has 0 unspecified atom stereocenters. The fourth-order valence-electron chi connectivity index (χ4n) is 1.85. The van der Waals surface area contributed by atoms with Crippen molar-refractivity contribution in [1.82, 2.24) is 5.32 Å². The highest BCUT2D eigenvalue weighted by molar-refractivity contribution is 7.98. The van der Waals surface area contributed by atoms with Gasteiger partial charge < -0.3 is 10.6 Å². The Morgan fingerprint density at radius 3 is 2.68 bits per heavy atom. The Morgan fingerprint density at radius 2 is 1.95 bits per heavy atom. The molecule has 2 N–H and O–H groups in total. The molecule has 0 radical (unpaired) electrons. The zero-order chi connectivity index (χ0) is 15.8. The SMILES string of the molecule is Cc1ccc(NC(=O)NCCSCc2ccccc2)cc1F. The highest BCUT2D eigenvalue weighted by atomic mass is 32.2. The Balaban J connectivity index is 1.64. The van der Waals surface area contributed by atoms with Crippen LogP contribution in [0.2, 0.25) is 0 Å². The molecule has 0 saturated heterocycles. The molecule has 0 aromatic heterocycles. The van der Waals surface area contributed by atoms with Gasteiger partial charge in [0.25, 0.3) is 0 Å². The molecule has 116 valence electrons. The first-order chi connectivity index (χ1) is 10.6. The van der Waals surface area contributed by atoms with E-state index in [1.54, 1.807) is 30.8 Å². The Morgan fingerprint density at radius 1 is 1.18 bits per heavy atom. The molecule has 0 aliphatic rings. The van der Waals surface area contributed by atoms with Crippen LogP contribution in [0.3, 0.4) is 0 Å². The van der Waals surface area contributed by atoms with E-state index < -0.39 is 0 Å². The van der Waals surface area contributed by atoms with Crippen LogP contribution in [0.4, 0.5) is 14.9 Å². The van der Waals surface area contributed by atoms with E-state index in [1.165, 1.54) is 11.6 Å². The third kappa shape index (κ3) is 5.41. The van der Waals surface area contributed by atoms with Crippen LogP contribution in [0.25, 0.3) is 0 Å². The highest BCUT2D eigenvalue weighted by Crippen LogP contribution is 2.13. The first-order valence-corrected chi connectivity index (χ1v) is 8.23. The molecular formula is C17H19FN2OS. The topological polar surface area (TPSA) is 41.1 Å². The largest absolute Gasteiger partial charge is 0.337 e. The summed E-state index contributed by atoms with van der Waals surface area (Å²) in [6, 6.07) is 14.5. The molecule has 2 amide bonds. The van der Waals surface area contributed by atoms with Gasteiger partial charge in [-0.05, 0) is 30.2 Å². The number of benzene rings is 2. The second-order valence-electron chi connectivity index (χ2n) is 4.88. The Hall–Kier alpha value is -2.01. The molecule has 0 bridgehead atoms. The van der Waals surface area contributed by atoms with Crippen molar-refractivity contribution < 1.29 is 9.18 Å². The third-order valence-corrected chi connectivity index (χ3v) is 4.10. The Kier molecular flexibility index (Phi) is 6.27. The van der Waals surface area contributed by atoms with E-state index in [0.29, 0.717) is 17.8 Å². The standard InChI is InChI=1S/C17H19FN2OS/c1-13-7-8-15(11-16(13)18)20-17(21)19-9-10-22-12-14-5-3-2-4-6-14/h2-8,11H,9-10,12H2,1H3,(H2,19,20,21). The minimum atomic E-state index is -0.323. The molecule has 2 aromatic carbocycles. The molecule has 0 aliphatic heterocycles. The number of carbonyl (C=O) groups excluding carboxylic acids is 1. The molecule has 0 atom stereocenters. The van der Waals surface area contributed by atoms with Crippen LogP contribution in [-0.4, -0.2) is 18.3 Å². The predicted octanol–water partition coefficient (Wildman–Crippen LogP) is 4.19. The van der Waals surface area contributed by atoms with Gasteiger partial charge in [-0.25, -0.2) is 9.18 Å². The molecule has 2 rings (SSSR count). The quantitative estimate of drug-likeness (QED) is 0.784. The Labute approximate surface area is 134 Å². The molecule has 0 spiro atoms. The minimum Gasteiger partial charge on any atom is -0.337 e. The van der Waals surface area contributed by atoms with Crippen LogP contribution in [0, 0.1) is 12.7 Å². The van der Waals surface area contributed by atoms with Gasteiger partial charge in [0, 0.05) is 23.7 Å². The fraction of sp³-hybridized carbons (Fsp3) is 0.235. The van der Waals surface area contributed by atoms with E-state index in [4.69, 9.17) is 0 Å². The summed E-state index contributed by atoms with van der Waals surface area (Å²) >= 11 is 1.76. The van der Waals surface area contributed by atoms with E-state index in [2.05, 4.69) is 22.8 Å². The lowest BCUT2D eigenvalue weighted by molar-refractivity contribution is 0.252. The molecule has 0 aliphatic carbocycles. The van der Waals surface area contributed by atoms with Gasteiger partial charge in [-0.1, -0.05) is 36.4 Å². The van der Waals surface area contributed by atoms with Gasteiger partial charge in [0.15, 0.2) is 0 Å². The van der Waals surface area contributed by atoms with Crippen molar-refractivity contribution in [3.8, 4) is 0 Å². The van der Waals surface area contributed by atoms with Crippen LogP contribution in [-0.2, 0) is 5.75 Å². The zero-order valence-corrected chi connectivity index (χ0v) is 13.3.